The lowest BCUT2D eigenvalue weighted by Crippen LogP contribution is -2.50. The third-order valence-electron chi connectivity index (χ3n) is 4.97. The van der Waals surface area contributed by atoms with Crippen molar-refractivity contribution < 1.29 is 23.3 Å². The van der Waals surface area contributed by atoms with E-state index in [9.17, 15) is 13.8 Å². The van der Waals surface area contributed by atoms with Crippen molar-refractivity contribution in [2.45, 2.75) is 77.4 Å². The molecule has 1 saturated heterocycles. The lowest BCUT2D eigenvalue weighted by Gasteiger charge is -2.38. The number of rotatable bonds is 6. The van der Waals surface area contributed by atoms with Crippen molar-refractivity contribution in [1.82, 2.24) is 9.80 Å². The summed E-state index contributed by atoms with van der Waals surface area (Å²) in [6.07, 6.45) is 1.90. The number of hydrogen-bond donors (Lipinski definition) is 0. The Balaban J connectivity index is 1.97. The molecule has 0 aliphatic carbocycles. The molecule has 2 amide bonds. The molecule has 1 aliphatic heterocycles. The van der Waals surface area contributed by atoms with Gasteiger partial charge in [-0.1, -0.05) is 30.3 Å². The van der Waals surface area contributed by atoms with E-state index < -0.39 is 27.4 Å². The molecule has 0 spiro atoms. The van der Waals surface area contributed by atoms with Gasteiger partial charge in [-0.2, -0.15) is 4.40 Å². The second-order valence-corrected chi connectivity index (χ2v) is 12.0. The van der Waals surface area contributed by atoms with Gasteiger partial charge in [-0.15, -0.1) is 0 Å². The topological polar surface area (TPSA) is 88.5 Å². The van der Waals surface area contributed by atoms with Gasteiger partial charge in [0.2, 0.25) is 0 Å². The van der Waals surface area contributed by atoms with E-state index in [0.29, 0.717) is 25.9 Å². The number of likely N-dealkylation sites (tertiary alicyclic amines) is 1. The first-order chi connectivity index (χ1) is 15.4. The normalized spacial score (nSPS) is 16.5. The summed E-state index contributed by atoms with van der Waals surface area (Å²) in [6.45, 7) is 12.4. The number of amides is 2. The van der Waals surface area contributed by atoms with Crippen LogP contribution in [0.2, 0.25) is 0 Å². The molecule has 0 N–H and O–H groups in total. The Morgan fingerprint density at radius 2 is 1.73 bits per heavy atom. The second kappa shape index (κ2) is 11.6. The number of nitrogens with zero attached hydrogens (tertiary/aromatic N) is 3. The number of ether oxygens (including phenoxy) is 2. The van der Waals surface area contributed by atoms with Crippen molar-refractivity contribution in [3.63, 3.8) is 0 Å². The Hall–Kier alpha value is -2.42. The van der Waals surface area contributed by atoms with E-state index in [4.69, 9.17) is 9.47 Å². The highest BCUT2D eigenvalue weighted by atomic mass is 32.2. The molecule has 0 radical (unpaired) electrons. The number of carbonyl (C=O) groups is 2. The van der Waals surface area contributed by atoms with Gasteiger partial charge in [0.25, 0.3) is 0 Å². The van der Waals surface area contributed by atoms with Crippen LogP contribution in [0.15, 0.2) is 34.7 Å². The molecule has 1 unspecified atom stereocenters. The van der Waals surface area contributed by atoms with Crippen LogP contribution < -0.4 is 0 Å². The van der Waals surface area contributed by atoms with Crippen LogP contribution in [-0.4, -0.2) is 68.4 Å². The molecule has 1 heterocycles. The summed E-state index contributed by atoms with van der Waals surface area (Å²) in [5.74, 6) is 0. The summed E-state index contributed by atoms with van der Waals surface area (Å²) in [5.41, 5.74) is 0.298. The minimum atomic E-state index is -1.40. The van der Waals surface area contributed by atoms with Crippen molar-refractivity contribution in [3.05, 3.63) is 35.9 Å². The maximum Gasteiger partial charge on any atom is 0.410 e. The number of benzene rings is 1. The van der Waals surface area contributed by atoms with E-state index in [1.807, 2.05) is 71.9 Å². The summed E-state index contributed by atoms with van der Waals surface area (Å²) in [4.78, 5) is 28.6. The molecular formula is C24H37N3O5S. The Morgan fingerprint density at radius 1 is 1.12 bits per heavy atom. The smallest absolute Gasteiger partial charge is 0.410 e. The Morgan fingerprint density at radius 3 is 2.27 bits per heavy atom. The van der Waals surface area contributed by atoms with E-state index in [0.717, 1.165) is 5.56 Å². The second-order valence-electron chi connectivity index (χ2n) is 10.0. The van der Waals surface area contributed by atoms with Gasteiger partial charge in [-0.3, -0.25) is 4.90 Å². The highest BCUT2D eigenvalue weighted by Crippen LogP contribution is 2.21. The minimum absolute atomic E-state index is 0.118. The number of piperidine rings is 1. The van der Waals surface area contributed by atoms with Crippen LogP contribution in [0.3, 0.4) is 0 Å². The molecule has 2 rings (SSSR count). The molecular weight excluding hydrogens is 442 g/mol. The average Bonchev–Trinajstić information content (AvgIpc) is 2.74. The maximum absolute atomic E-state index is 12.9. The summed E-state index contributed by atoms with van der Waals surface area (Å²) < 4.78 is 26.9. The zero-order chi connectivity index (χ0) is 24.6. The predicted molar refractivity (Wildman–Crippen MR) is 131 cm³/mol. The molecule has 33 heavy (non-hydrogen) atoms. The molecule has 1 atom stereocenters. The minimum Gasteiger partial charge on any atom is -0.445 e. The SMILES string of the molecule is CC(C)(C)OC(=O)N(CC=NS(=O)C(C)(C)C)C1CCN(C(=O)OCc2ccccc2)CC1. The fraction of sp³-hybridized carbons (Fsp3) is 0.625. The zero-order valence-electron chi connectivity index (χ0n) is 20.6. The van der Waals surface area contributed by atoms with E-state index in [1.165, 1.54) is 6.21 Å². The molecule has 184 valence electrons. The molecule has 1 aromatic rings. The highest BCUT2D eigenvalue weighted by Gasteiger charge is 2.32. The Kier molecular flexibility index (Phi) is 9.46. The fourth-order valence-electron chi connectivity index (χ4n) is 3.21. The van der Waals surface area contributed by atoms with Gasteiger partial charge >= 0.3 is 12.2 Å². The largest absolute Gasteiger partial charge is 0.445 e. The van der Waals surface area contributed by atoms with Crippen LogP contribution in [0.4, 0.5) is 9.59 Å². The lowest BCUT2D eigenvalue weighted by molar-refractivity contribution is 0.0121. The van der Waals surface area contributed by atoms with Crippen molar-refractivity contribution >= 4 is 29.4 Å². The number of carbonyl (C=O) groups excluding carboxylic acids is 2. The van der Waals surface area contributed by atoms with Gasteiger partial charge in [0.15, 0.2) is 0 Å². The van der Waals surface area contributed by atoms with Crippen LogP contribution in [-0.2, 0) is 27.1 Å². The monoisotopic (exact) mass is 479 g/mol. The number of hydrogen-bond acceptors (Lipinski definition) is 5. The van der Waals surface area contributed by atoms with Crippen molar-refractivity contribution in [2.24, 2.45) is 4.40 Å². The Labute approximate surface area is 199 Å². The van der Waals surface area contributed by atoms with E-state index in [2.05, 4.69) is 4.40 Å². The zero-order valence-corrected chi connectivity index (χ0v) is 21.4. The first-order valence-electron chi connectivity index (χ1n) is 11.3. The van der Waals surface area contributed by atoms with Gasteiger partial charge < -0.3 is 14.4 Å². The molecule has 1 aliphatic rings. The summed E-state index contributed by atoms with van der Waals surface area (Å²) in [7, 11) is -1.40. The molecule has 1 aromatic carbocycles. The average molecular weight is 480 g/mol. The third kappa shape index (κ3) is 9.15. The summed E-state index contributed by atoms with van der Waals surface area (Å²) in [6, 6.07) is 9.42. The van der Waals surface area contributed by atoms with Crippen LogP contribution in [0.25, 0.3) is 0 Å². The predicted octanol–water partition coefficient (Wildman–Crippen LogP) is 4.56. The van der Waals surface area contributed by atoms with Crippen LogP contribution in [0, 0.1) is 0 Å². The van der Waals surface area contributed by atoms with Gasteiger partial charge in [-0.25, -0.2) is 13.8 Å². The van der Waals surface area contributed by atoms with Crippen molar-refractivity contribution in [2.75, 3.05) is 19.6 Å². The molecule has 0 aromatic heterocycles. The van der Waals surface area contributed by atoms with Gasteiger partial charge in [-0.05, 0) is 59.9 Å². The quantitative estimate of drug-likeness (QED) is 0.558. The van der Waals surface area contributed by atoms with Gasteiger partial charge in [0, 0.05) is 25.3 Å². The molecule has 0 saturated carbocycles. The van der Waals surface area contributed by atoms with Gasteiger partial charge in [0.1, 0.15) is 23.2 Å². The van der Waals surface area contributed by atoms with Gasteiger partial charge in [0.05, 0.1) is 11.3 Å². The highest BCUT2D eigenvalue weighted by molar-refractivity contribution is 7.85. The first kappa shape index (κ1) is 26.8. The Bertz CT molecular complexity index is 838. The molecule has 9 heteroatoms. The van der Waals surface area contributed by atoms with Crippen molar-refractivity contribution in [3.8, 4) is 0 Å². The summed E-state index contributed by atoms with van der Waals surface area (Å²) >= 11 is 0. The van der Waals surface area contributed by atoms with E-state index in [1.54, 1.807) is 9.80 Å². The summed E-state index contributed by atoms with van der Waals surface area (Å²) in [5, 5.41) is 0. The molecule has 0 bridgehead atoms. The van der Waals surface area contributed by atoms with Crippen LogP contribution in [0.1, 0.15) is 59.9 Å². The van der Waals surface area contributed by atoms with Crippen LogP contribution in [0.5, 0.6) is 0 Å². The standard InChI is InChI=1S/C24H37N3O5S/c1-23(2,3)32-22(29)27(17-14-25-33(30)24(4,5)6)20-12-15-26(16-13-20)21(28)31-18-19-10-8-7-9-11-19/h7-11,14,20H,12-13,15-18H2,1-6H3. The van der Waals surface area contributed by atoms with Crippen LogP contribution >= 0.6 is 0 Å². The first-order valence-corrected chi connectivity index (χ1v) is 12.4. The lowest BCUT2D eigenvalue weighted by atomic mass is 10.0. The fourth-order valence-corrected chi connectivity index (χ4v) is 3.73. The molecule has 8 nitrogen and oxygen atoms in total. The maximum atomic E-state index is 12.9. The third-order valence-corrected chi connectivity index (χ3v) is 6.36. The van der Waals surface area contributed by atoms with Crippen molar-refractivity contribution in [1.29, 1.82) is 0 Å². The molecule has 1 fully saturated rings. The van der Waals surface area contributed by atoms with E-state index in [-0.39, 0.29) is 25.3 Å². The van der Waals surface area contributed by atoms with E-state index >= 15 is 0 Å².